The maximum absolute atomic E-state index is 12.9. The number of aromatic carboxylic acids is 1. The lowest BCUT2D eigenvalue weighted by molar-refractivity contribution is 0.0697. The number of anilines is 3. The summed E-state index contributed by atoms with van der Waals surface area (Å²) in [4.78, 5) is 15.9. The number of hydrogen-bond acceptors (Lipinski definition) is 6. The molecular weight excluding hydrogens is 442 g/mol. The van der Waals surface area contributed by atoms with Gasteiger partial charge in [0.1, 0.15) is 5.75 Å². The van der Waals surface area contributed by atoms with Crippen LogP contribution in [0.5, 0.6) is 5.75 Å². The Morgan fingerprint density at radius 1 is 0.879 bits per heavy atom. The number of piperazine rings is 1. The highest BCUT2D eigenvalue weighted by Crippen LogP contribution is 2.33. The van der Waals surface area contributed by atoms with Crippen LogP contribution in [-0.4, -0.2) is 52.8 Å². The molecule has 0 aromatic heterocycles. The number of para-hydroxylation sites is 2. The van der Waals surface area contributed by atoms with Crippen molar-refractivity contribution >= 4 is 33.1 Å². The van der Waals surface area contributed by atoms with Crippen LogP contribution in [0.1, 0.15) is 10.4 Å². The summed E-state index contributed by atoms with van der Waals surface area (Å²) in [5.74, 6) is -0.323. The highest BCUT2D eigenvalue weighted by molar-refractivity contribution is 7.92. The van der Waals surface area contributed by atoms with Crippen LogP contribution in [0.25, 0.3) is 0 Å². The van der Waals surface area contributed by atoms with Gasteiger partial charge in [-0.25, -0.2) is 13.2 Å². The molecule has 172 valence electrons. The molecule has 3 aromatic rings. The van der Waals surface area contributed by atoms with Crippen LogP contribution in [0.3, 0.4) is 0 Å². The lowest BCUT2D eigenvalue weighted by Crippen LogP contribution is -2.46. The van der Waals surface area contributed by atoms with E-state index in [1.807, 2.05) is 24.3 Å². The van der Waals surface area contributed by atoms with Gasteiger partial charge < -0.3 is 19.6 Å². The molecule has 1 heterocycles. The number of rotatable bonds is 7. The summed E-state index contributed by atoms with van der Waals surface area (Å²) in [6.45, 7) is 2.66. The summed E-state index contributed by atoms with van der Waals surface area (Å²) in [6.07, 6.45) is 0. The third kappa shape index (κ3) is 4.88. The molecule has 4 rings (SSSR count). The average molecular weight is 468 g/mol. The zero-order chi connectivity index (χ0) is 23.4. The van der Waals surface area contributed by atoms with Crippen LogP contribution in [0, 0.1) is 0 Å². The van der Waals surface area contributed by atoms with Crippen LogP contribution < -0.4 is 19.3 Å². The summed E-state index contributed by atoms with van der Waals surface area (Å²) < 4.78 is 33.9. The zero-order valence-corrected chi connectivity index (χ0v) is 19.0. The molecule has 1 aliphatic rings. The molecule has 0 amide bonds. The predicted octanol–water partition coefficient (Wildman–Crippen LogP) is 3.52. The molecule has 0 bridgehead atoms. The first-order valence-electron chi connectivity index (χ1n) is 10.5. The van der Waals surface area contributed by atoms with Crippen molar-refractivity contribution in [2.24, 2.45) is 0 Å². The minimum atomic E-state index is -3.88. The third-order valence-corrected chi connectivity index (χ3v) is 6.97. The molecule has 0 atom stereocenters. The first-order valence-corrected chi connectivity index (χ1v) is 12.0. The minimum absolute atomic E-state index is 0.0113. The summed E-state index contributed by atoms with van der Waals surface area (Å²) in [7, 11) is -2.23. The molecule has 1 aliphatic heterocycles. The first-order chi connectivity index (χ1) is 15.9. The monoisotopic (exact) mass is 467 g/mol. The number of methoxy groups -OCH3 is 1. The number of hydrogen-bond donors (Lipinski definition) is 2. The molecule has 8 nitrogen and oxygen atoms in total. The molecule has 9 heteroatoms. The van der Waals surface area contributed by atoms with Crippen molar-refractivity contribution in [3.05, 3.63) is 78.4 Å². The van der Waals surface area contributed by atoms with Gasteiger partial charge in [0, 0.05) is 26.2 Å². The smallest absolute Gasteiger partial charge is 0.335 e. The molecule has 0 saturated carbocycles. The Bertz CT molecular complexity index is 1240. The second kappa shape index (κ2) is 9.41. The third-order valence-electron chi connectivity index (χ3n) is 5.59. The van der Waals surface area contributed by atoms with Crippen molar-refractivity contribution in [3.63, 3.8) is 0 Å². The number of carboxylic acids is 1. The maximum atomic E-state index is 12.9. The van der Waals surface area contributed by atoms with Crippen molar-refractivity contribution in [2.75, 3.05) is 47.8 Å². The van der Waals surface area contributed by atoms with Gasteiger partial charge in [-0.3, -0.25) is 4.72 Å². The maximum Gasteiger partial charge on any atom is 0.335 e. The molecule has 0 aliphatic carbocycles. The van der Waals surface area contributed by atoms with Crippen LogP contribution in [0.2, 0.25) is 0 Å². The molecule has 33 heavy (non-hydrogen) atoms. The highest BCUT2D eigenvalue weighted by Gasteiger charge is 2.24. The van der Waals surface area contributed by atoms with E-state index in [1.54, 1.807) is 31.4 Å². The number of sulfonamides is 1. The Balaban J connectivity index is 1.60. The second-order valence-corrected chi connectivity index (χ2v) is 9.28. The fourth-order valence-electron chi connectivity index (χ4n) is 3.91. The molecule has 1 saturated heterocycles. The van der Waals surface area contributed by atoms with Crippen molar-refractivity contribution in [2.45, 2.75) is 4.90 Å². The zero-order valence-electron chi connectivity index (χ0n) is 18.1. The molecular formula is C24H25N3O5S. The van der Waals surface area contributed by atoms with Crippen LogP contribution in [0.15, 0.2) is 77.7 Å². The van der Waals surface area contributed by atoms with Crippen molar-refractivity contribution in [3.8, 4) is 5.75 Å². The Labute approximate surface area is 193 Å². The molecule has 2 N–H and O–H groups in total. The largest absolute Gasteiger partial charge is 0.495 e. The average Bonchev–Trinajstić information content (AvgIpc) is 2.84. The molecule has 0 unspecified atom stereocenters. The standard InChI is InChI=1S/C24H25N3O5S/c1-32-23-10-6-5-9-22(23)27-15-13-26(14-16-27)21-12-11-18(24(28)29)17-20(21)25-33(30,31)19-7-3-2-4-8-19/h2-12,17,25H,13-16H2,1H3,(H,28,29). The van der Waals surface area contributed by atoms with E-state index in [9.17, 15) is 18.3 Å². The predicted molar refractivity (Wildman–Crippen MR) is 128 cm³/mol. The number of nitrogens with one attached hydrogen (secondary N) is 1. The Hall–Kier alpha value is -3.72. The van der Waals surface area contributed by atoms with E-state index in [0.717, 1.165) is 11.4 Å². The van der Waals surface area contributed by atoms with E-state index in [2.05, 4.69) is 14.5 Å². The Kier molecular flexibility index (Phi) is 6.41. The normalized spacial score (nSPS) is 14.1. The van der Waals surface area contributed by atoms with E-state index in [-0.39, 0.29) is 16.1 Å². The molecule has 0 radical (unpaired) electrons. The lowest BCUT2D eigenvalue weighted by atomic mass is 10.1. The highest BCUT2D eigenvalue weighted by atomic mass is 32.2. The van der Waals surface area contributed by atoms with E-state index >= 15 is 0 Å². The van der Waals surface area contributed by atoms with Gasteiger partial charge in [-0.2, -0.15) is 0 Å². The number of ether oxygens (including phenoxy) is 1. The van der Waals surface area contributed by atoms with Gasteiger partial charge in [0.05, 0.1) is 34.6 Å². The fraction of sp³-hybridized carbons (Fsp3) is 0.208. The van der Waals surface area contributed by atoms with Crippen molar-refractivity contribution < 1.29 is 23.1 Å². The summed E-state index contributed by atoms with van der Waals surface area (Å²) in [5, 5.41) is 9.43. The first kappa shape index (κ1) is 22.5. The van der Waals surface area contributed by atoms with E-state index in [4.69, 9.17) is 4.74 Å². The van der Waals surface area contributed by atoms with Crippen LogP contribution >= 0.6 is 0 Å². The molecule has 1 fully saturated rings. The quantitative estimate of drug-likeness (QED) is 0.548. The van der Waals surface area contributed by atoms with Gasteiger partial charge in [-0.05, 0) is 42.5 Å². The van der Waals surface area contributed by atoms with E-state index < -0.39 is 16.0 Å². The summed E-state index contributed by atoms with van der Waals surface area (Å²) in [5.41, 5.74) is 1.90. The van der Waals surface area contributed by atoms with Crippen LogP contribution in [-0.2, 0) is 10.0 Å². The topological polar surface area (TPSA) is 99.2 Å². The Morgan fingerprint density at radius 3 is 2.12 bits per heavy atom. The number of carboxylic acid groups (broad SMARTS) is 1. The van der Waals surface area contributed by atoms with Crippen molar-refractivity contribution in [1.29, 1.82) is 0 Å². The van der Waals surface area contributed by atoms with Crippen LogP contribution in [0.4, 0.5) is 17.1 Å². The van der Waals surface area contributed by atoms with Gasteiger partial charge in [-0.15, -0.1) is 0 Å². The summed E-state index contributed by atoms with van der Waals surface area (Å²) in [6, 6.07) is 20.3. The SMILES string of the molecule is COc1ccccc1N1CCN(c2ccc(C(=O)O)cc2NS(=O)(=O)c2ccccc2)CC1. The molecule has 3 aromatic carbocycles. The van der Waals surface area contributed by atoms with Gasteiger partial charge >= 0.3 is 5.97 Å². The number of benzene rings is 3. The second-order valence-electron chi connectivity index (χ2n) is 7.60. The molecule has 0 spiro atoms. The summed E-state index contributed by atoms with van der Waals surface area (Å²) >= 11 is 0. The van der Waals surface area contributed by atoms with Gasteiger partial charge in [-0.1, -0.05) is 30.3 Å². The van der Waals surface area contributed by atoms with Crippen molar-refractivity contribution in [1.82, 2.24) is 0 Å². The number of nitrogens with zero attached hydrogens (tertiary/aromatic N) is 2. The van der Waals surface area contributed by atoms with E-state index in [0.29, 0.717) is 31.9 Å². The minimum Gasteiger partial charge on any atom is -0.495 e. The van der Waals surface area contributed by atoms with Gasteiger partial charge in [0.25, 0.3) is 10.0 Å². The van der Waals surface area contributed by atoms with Gasteiger partial charge in [0.15, 0.2) is 0 Å². The number of carbonyl (C=O) groups is 1. The Morgan fingerprint density at radius 2 is 1.48 bits per heavy atom. The fourth-order valence-corrected chi connectivity index (χ4v) is 5.00. The lowest BCUT2D eigenvalue weighted by Gasteiger charge is -2.38. The van der Waals surface area contributed by atoms with Gasteiger partial charge in [0.2, 0.25) is 0 Å². The van der Waals surface area contributed by atoms with E-state index in [1.165, 1.54) is 24.3 Å².